The Kier molecular flexibility index (Phi) is 6.07. The van der Waals surface area contributed by atoms with Crippen molar-refractivity contribution in [2.45, 2.75) is 25.1 Å². The van der Waals surface area contributed by atoms with Gasteiger partial charge in [-0.05, 0) is 30.5 Å². The second-order valence-corrected chi connectivity index (χ2v) is 4.77. The molecule has 20 heavy (non-hydrogen) atoms. The molecule has 112 valence electrons. The maximum Gasteiger partial charge on any atom is 0.411 e. The molecule has 1 aromatic rings. The Bertz CT molecular complexity index is 412. The van der Waals surface area contributed by atoms with Crippen LogP contribution in [0.2, 0.25) is 0 Å². The van der Waals surface area contributed by atoms with Crippen molar-refractivity contribution in [1.82, 2.24) is 0 Å². The molecule has 0 bridgehead atoms. The van der Waals surface area contributed by atoms with Crippen LogP contribution >= 0.6 is 0 Å². The summed E-state index contributed by atoms with van der Waals surface area (Å²) < 4.78 is 41.8. The van der Waals surface area contributed by atoms with Crippen LogP contribution in [0.25, 0.3) is 0 Å². The molecule has 1 atom stereocenters. The van der Waals surface area contributed by atoms with Gasteiger partial charge in [0.15, 0.2) is 0 Å². The van der Waals surface area contributed by atoms with Crippen molar-refractivity contribution in [3.05, 3.63) is 42.5 Å². The van der Waals surface area contributed by atoms with E-state index in [0.29, 0.717) is 12.8 Å². The van der Waals surface area contributed by atoms with E-state index in [2.05, 4.69) is 6.58 Å². The van der Waals surface area contributed by atoms with Crippen LogP contribution in [-0.4, -0.2) is 26.9 Å². The van der Waals surface area contributed by atoms with Crippen molar-refractivity contribution in [3.63, 3.8) is 0 Å². The van der Waals surface area contributed by atoms with Crippen LogP contribution in [0, 0.1) is 0 Å². The van der Waals surface area contributed by atoms with Gasteiger partial charge in [0.1, 0.15) is 6.61 Å². The Balaban J connectivity index is 2.78. The van der Waals surface area contributed by atoms with Crippen molar-refractivity contribution < 1.29 is 17.9 Å². The van der Waals surface area contributed by atoms with Gasteiger partial charge in [-0.1, -0.05) is 18.2 Å². The smallest absolute Gasteiger partial charge is 0.378 e. The monoisotopic (exact) mass is 287 g/mol. The molecule has 0 amide bonds. The van der Waals surface area contributed by atoms with E-state index in [1.165, 1.54) is 0 Å². The van der Waals surface area contributed by atoms with Gasteiger partial charge in [0, 0.05) is 19.8 Å². The maximum absolute atomic E-state index is 12.3. The molecule has 1 aromatic carbocycles. The summed E-state index contributed by atoms with van der Waals surface area (Å²) in [5.41, 5.74) is 1.74. The van der Waals surface area contributed by atoms with Crippen LogP contribution in [0.5, 0.6) is 0 Å². The zero-order chi connectivity index (χ0) is 15.2. The lowest BCUT2D eigenvalue weighted by molar-refractivity contribution is -0.186. The van der Waals surface area contributed by atoms with Gasteiger partial charge in [-0.3, -0.25) is 0 Å². The van der Waals surface area contributed by atoms with Crippen molar-refractivity contribution in [1.29, 1.82) is 0 Å². The van der Waals surface area contributed by atoms with Crippen LogP contribution < -0.4 is 4.90 Å². The first-order chi connectivity index (χ1) is 9.33. The molecule has 0 aromatic heterocycles. The van der Waals surface area contributed by atoms with E-state index in [1.54, 1.807) is 18.2 Å². The van der Waals surface area contributed by atoms with Crippen LogP contribution in [0.15, 0.2) is 36.9 Å². The summed E-state index contributed by atoms with van der Waals surface area (Å²) in [7, 11) is 3.81. The number of alkyl halides is 3. The minimum atomic E-state index is -4.31. The lowest BCUT2D eigenvalue weighted by Gasteiger charge is -2.20. The normalized spacial score (nSPS) is 13.1. The predicted molar refractivity (Wildman–Crippen MR) is 74.9 cm³/mol. The number of benzene rings is 1. The highest BCUT2D eigenvalue weighted by Gasteiger charge is 2.29. The summed E-state index contributed by atoms with van der Waals surface area (Å²) in [6.07, 6.45) is -2.10. The molecule has 0 heterocycles. The lowest BCUT2D eigenvalue weighted by Crippen LogP contribution is -2.19. The van der Waals surface area contributed by atoms with E-state index in [0.717, 1.165) is 11.3 Å². The first-order valence-corrected chi connectivity index (χ1v) is 6.40. The van der Waals surface area contributed by atoms with Crippen LogP contribution in [0.3, 0.4) is 0 Å². The highest BCUT2D eigenvalue weighted by Crippen LogP contribution is 2.27. The fourth-order valence-electron chi connectivity index (χ4n) is 1.80. The number of anilines is 1. The van der Waals surface area contributed by atoms with Gasteiger partial charge in [0.2, 0.25) is 0 Å². The highest BCUT2D eigenvalue weighted by molar-refractivity contribution is 5.46. The van der Waals surface area contributed by atoms with Gasteiger partial charge >= 0.3 is 6.18 Å². The molecule has 0 spiro atoms. The second kappa shape index (κ2) is 7.33. The Hall–Kier alpha value is -1.49. The topological polar surface area (TPSA) is 12.5 Å². The molecule has 0 aliphatic heterocycles. The summed E-state index contributed by atoms with van der Waals surface area (Å²) in [6.45, 7) is 2.36. The molecule has 0 aliphatic carbocycles. The lowest BCUT2D eigenvalue weighted by atomic mass is 10.0. The largest absolute Gasteiger partial charge is 0.411 e. The average Bonchev–Trinajstić information content (AvgIpc) is 2.38. The van der Waals surface area contributed by atoms with Crippen molar-refractivity contribution in [3.8, 4) is 0 Å². The van der Waals surface area contributed by atoms with Gasteiger partial charge in [-0.15, -0.1) is 6.58 Å². The average molecular weight is 287 g/mol. The molecule has 0 aliphatic rings. The van der Waals surface area contributed by atoms with Crippen molar-refractivity contribution in [2.24, 2.45) is 0 Å². The fourth-order valence-corrected chi connectivity index (χ4v) is 1.80. The van der Waals surface area contributed by atoms with E-state index in [1.807, 2.05) is 31.1 Å². The maximum atomic E-state index is 12.3. The minimum Gasteiger partial charge on any atom is -0.378 e. The third kappa shape index (κ3) is 5.65. The van der Waals surface area contributed by atoms with E-state index < -0.39 is 18.9 Å². The third-order valence-corrected chi connectivity index (χ3v) is 2.86. The standard InChI is InChI=1S/C15H20F3NO/c1-4-5-6-14(20-11-15(16,17)18)12-7-9-13(10-8-12)19(2)3/h4,7-10,14H,1,5-6,11H2,2-3H3. The fraction of sp³-hybridized carbons (Fsp3) is 0.467. The quantitative estimate of drug-likeness (QED) is 0.692. The molecule has 1 unspecified atom stereocenters. The van der Waals surface area contributed by atoms with E-state index >= 15 is 0 Å². The van der Waals surface area contributed by atoms with Gasteiger partial charge in [0.25, 0.3) is 0 Å². The van der Waals surface area contributed by atoms with Crippen LogP contribution in [-0.2, 0) is 4.74 Å². The SMILES string of the molecule is C=CCCC(OCC(F)(F)F)c1ccc(N(C)C)cc1. The molecule has 0 radical (unpaired) electrons. The Morgan fingerprint density at radius 1 is 1.25 bits per heavy atom. The number of allylic oxidation sites excluding steroid dienone is 1. The summed E-state index contributed by atoms with van der Waals surface area (Å²) in [4.78, 5) is 1.93. The van der Waals surface area contributed by atoms with Gasteiger partial charge < -0.3 is 9.64 Å². The molecule has 0 saturated carbocycles. The zero-order valence-corrected chi connectivity index (χ0v) is 11.8. The molecule has 1 rings (SSSR count). The number of rotatable bonds is 7. The Labute approximate surface area is 117 Å². The van der Waals surface area contributed by atoms with Crippen LogP contribution in [0.4, 0.5) is 18.9 Å². The van der Waals surface area contributed by atoms with Gasteiger partial charge in [-0.25, -0.2) is 0 Å². The second-order valence-electron chi connectivity index (χ2n) is 4.77. The first-order valence-electron chi connectivity index (χ1n) is 6.40. The molecular formula is C15H20F3NO. The number of hydrogen-bond donors (Lipinski definition) is 0. The summed E-state index contributed by atoms with van der Waals surface area (Å²) in [5, 5.41) is 0. The Morgan fingerprint density at radius 3 is 2.30 bits per heavy atom. The summed E-state index contributed by atoms with van der Waals surface area (Å²) >= 11 is 0. The predicted octanol–water partition coefficient (Wildman–Crippen LogP) is 4.34. The number of nitrogens with zero attached hydrogens (tertiary/aromatic N) is 1. The number of hydrogen-bond acceptors (Lipinski definition) is 2. The van der Waals surface area contributed by atoms with E-state index in [-0.39, 0.29) is 0 Å². The molecule has 0 saturated heterocycles. The molecular weight excluding hydrogens is 267 g/mol. The number of halogens is 3. The third-order valence-electron chi connectivity index (χ3n) is 2.86. The number of ether oxygens (including phenoxy) is 1. The highest BCUT2D eigenvalue weighted by atomic mass is 19.4. The molecule has 2 nitrogen and oxygen atoms in total. The van der Waals surface area contributed by atoms with Gasteiger partial charge in [0.05, 0.1) is 6.10 Å². The van der Waals surface area contributed by atoms with E-state index in [9.17, 15) is 13.2 Å². The van der Waals surface area contributed by atoms with Crippen LogP contribution in [0.1, 0.15) is 24.5 Å². The first kappa shape index (κ1) is 16.6. The molecule has 0 N–H and O–H groups in total. The molecule has 5 heteroatoms. The van der Waals surface area contributed by atoms with Crippen molar-refractivity contribution in [2.75, 3.05) is 25.6 Å². The Morgan fingerprint density at radius 2 is 1.85 bits per heavy atom. The van der Waals surface area contributed by atoms with Crippen molar-refractivity contribution >= 4 is 5.69 Å². The molecule has 0 fully saturated rings. The van der Waals surface area contributed by atoms with Gasteiger partial charge in [-0.2, -0.15) is 13.2 Å². The zero-order valence-electron chi connectivity index (χ0n) is 11.8. The summed E-state index contributed by atoms with van der Waals surface area (Å²) in [5.74, 6) is 0. The minimum absolute atomic E-state index is 0.487. The van der Waals surface area contributed by atoms with E-state index in [4.69, 9.17) is 4.74 Å². The summed E-state index contributed by atoms with van der Waals surface area (Å²) in [6, 6.07) is 7.35.